The molecule has 82 valence electrons. The van der Waals surface area contributed by atoms with E-state index in [1.807, 2.05) is 0 Å². The van der Waals surface area contributed by atoms with Crippen molar-refractivity contribution in [1.29, 1.82) is 0 Å². The number of carbonyl (C=O) groups is 1. The maximum absolute atomic E-state index is 11.1. The van der Waals surface area contributed by atoms with E-state index in [4.69, 9.17) is 0 Å². The van der Waals surface area contributed by atoms with Crippen molar-refractivity contribution in [3.8, 4) is 0 Å². The molecule has 0 saturated carbocycles. The highest BCUT2D eigenvalue weighted by Crippen LogP contribution is 2.19. The Labute approximate surface area is 96.9 Å². The number of alkyl halides is 1. The van der Waals surface area contributed by atoms with Crippen LogP contribution in [0.2, 0.25) is 0 Å². The highest BCUT2D eigenvalue weighted by atomic mass is 79.9. The zero-order valence-corrected chi connectivity index (χ0v) is 9.94. The summed E-state index contributed by atoms with van der Waals surface area (Å²) in [6, 6.07) is 6.65. The zero-order chi connectivity index (χ0) is 11.4. The van der Waals surface area contributed by atoms with Gasteiger partial charge in [0.15, 0.2) is 5.78 Å². The predicted octanol–water partition coefficient (Wildman–Crippen LogP) is 1.68. The molecule has 0 aliphatic carbocycles. The van der Waals surface area contributed by atoms with E-state index >= 15 is 0 Å². The molecule has 0 radical (unpaired) electrons. The number of aliphatic hydroxyl groups excluding tert-OH is 2. The normalized spacial score (nSPS) is 14.7. The number of rotatable bonds is 4. The second kappa shape index (κ2) is 5.39. The van der Waals surface area contributed by atoms with Gasteiger partial charge in [-0.15, -0.1) is 0 Å². The molecule has 0 saturated heterocycles. The van der Waals surface area contributed by atoms with Crippen LogP contribution in [0.1, 0.15) is 28.9 Å². The molecule has 1 rings (SSSR count). The van der Waals surface area contributed by atoms with Crippen LogP contribution >= 0.6 is 15.9 Å². The molecule has 3 nitrogen and oxygen atoms in total. The third kappa shape index (κ3) is 3.12. The summed E-state index contributed by atoms with van der Waals surface area (Å²) in [6.45, 7) is 1.46. The van der Waals surface area contributed by atoms with Crippen molar-refractivity contribution in [2.75, 3.05) is 5.33 Å². The number of ketones is 1. The minimum absolute atomic E-state index is 0.0580. The van der Waals surface area contributed by atoms with Gasteiger partial charge in [-0.2, -0.15) is 0 Å². The summed E-state index contributed by atoms with van der Waals surface area (Å²) in [5, 5.41) is 19.4. The molecule has 0 bridgehead atoms. The lowest BCUT2D eigenvalue weighted by Gasteiger charge is -2.16. The number of carbonyl (C=O) groups excluding carboxylic acids is 1. The molecule has 1 aromatic rings. The topological polar surface area (TPSA) is 57.5 Å². The lowest BCUT2D eigenvalue weighted by Crippen LogP contribution is -2.19. The van der Waals surface area contributed by atoms with Crippen LogP contribution in [-0.2, 0) is 0 Å². The molecule has 0 fully saturated rings. The van der Waals surface area contributed by atoms with Crippen molar-refractivity contribution in [3.05, 3.63) is 35.4 Å². The third-order valence-corrected chi connectivity index (χ3v) is 2.82. The summed E-state index contributed by atoms with van der Waals surface area (Å²) in [6.07, 6.45) is -1.84. The van der Waals surface area contributed by atoms with Gasteiger partial charge in [0, 0.05) is 10.9 Å². The van der Waals surface area contributed by atoms with Gasteiger partial charge in [-0.05, 0) is 18.6 Å². The van der Waals surface area contributed by atoms with E-state index in [-0.39, 0.29) is 5.78 Å². The average Bonchev–Trinajstić information content (AvgIpc) is 2.27. The van der Waals surface area contributed by atoms with Crippen molar-refractivity contribution in [3.63, 3.8) is 0 Å². The van der Waals surface area contributed by atoms with Crippen molar-refractivity contribution >= 4 is 21.7 Å². The molecule has 0 spiro atoms. The molecule has 2 unspecified atom stereocenters. The summed E-state index contributed by atoms with van der Waals surface area (Å²) in [5.74, 6) is -0.0580. The fraction of sp³-hybridized carbons (Fsp3) is 0.364. The van der Waals surface area contributed by atoms with Crippen LogP contribution in [0, 0.1) is 0 Å². The minimum atomic E-state index is -0.969. The Bertz CT molecular complexity index is 351. The van der Waals surface area contributed by atoms with Gasteiger partial charge in [0.05, 0.1) is 6.10 Å². The predicted molar refractivity (Wildman–Crippen MR) is 61.2 cm³/mol. The Morgan fingerprint density at radius 2 is 2.13 bits per heavy atom. The number of Topliss-reactive ketones (excluding diaryl/α,β-unsaturated/α-hetero) is 1. The maximum atomic E-state index is 11.1. The van der Waals surface area contributed by atoms with E-state index in [1.54, 1.807) is 24.3 Å². The van der Waals surface area contributed by atoms with Crippen LogP contribution in [0.3, 0.4) is 0 Å². The smallest absolute Gasteiger partial charge is 0.159 e. The number of halogens is 1. The highest BCUT2D eigenvalue weighted by molar-refractivity contribution is 9.09. The lowest BCUT2D eigenvalue weighted by atomic mass is 10.0. The third-order valence-electron chi connectivity index (χ3n) is 2.16. The largest absolute Gasteiger partial charge is 0.389 e. The number of aliphatic hydroxyl groups is 2. The van der Waals surface area contributed by atoms with Crippen LogP contribution in [0.5, 0.6) is 0 Å². The van der Waals surface area contributed by atoms with Crippen LogP contribution in [0.15, 0.2) is 24.3 Å². The standard InChI is InChI=1S/C11H13BrO3/c1-7(13)8-3-2-4-9(5-8)11(15)10(14)6-12/h2-5,10-11,14-15H,6H2,1H3. The van der Waals surface area contributed by atoms with E-state index in [0.29, 0.717) is 16.5 Å². The van der Waals surface area contributed by atoms with E-state index in [0.717, 1.165) is 0 Å². The van der Waals surface area contributed by atoms with E-state index in [2.05, 4.69) is 15.9 Å². The molecule has 0 amide bonds. The van der Waals surface area contributed by atoms with Crippen molar-refractivity contribution in [1.82, 2.24) is 0 Å². The quantitative estimate of drug-likeness (QED) is 0.648. The van der Waals surface area contributed by atoms with Gasteiger partial charge in [0.2, 0.25) is 0 Å². The van der Waals surface area contributed by atoms with Crippen LogP contribution in [-0.4, -0.2) is 27.4 Å². The van der Waals surface area contributed by atoms with Gasteiger partial charge >= 0.3 is 0 Å². The first-order valence-electron chi connectivity index (χ1n) is 4.59. The average molecular weight is 273 g/mol. The Morgan fingerprint density at radius 3 is 2.67 bits per heavy atom. The molecule has 2 N–H and O–H groups in total. The number of hydrogen-bond donors (Lipinski definition) is 2. The maximum Gasteiger partial charge on any atom is 0.159 e. The van der Waals surface area contributed by atoms with Crippen molar-refractivity contribution < 1.29 is 15.0 Å². The van der Waals surface area contributed by atoms with Crippen LogP contribution in [0.25, 0.3) is 0 Å². The minimum Gasteiger partial charge on any atom is -0.389 e. The molecule has 0 aromatic heterocycles. The Hall–Kier alpha value is -0.710. The van der Waals surface area contributed by atoms with Gasteiger partial charge in [-0.1, -0.05) is 34.1 Å². The van der Waals surface area contributed by atoms with E-state index < -0.39 is 12.2 Å². The first-order chi connectivity index (χ1) is 7.06. The molecular formula is C11H13BrO3. The number of hydrogen-bond acceptors (Lipinski definition) is 3. The molecule has 0 heterocycles. The molecule has 0 aliphatic rings. The SMILES string of the molecule is CC(=O)c1cccc(C(O)C(O)CBr)c1. The number of benzene rings is 1. The van der Waals surface area contributed by atoms with E-state index in [9.17, 15) is 15.0 Å². The molecule has 0 aliphatic heterocycles. The van der Waals surface area contributed by atoms with Crippen molar-refractivity contribution in [2.24, 2.45) is 0 Å². The summed E-state index contributed by atoms with van der Waals surface area (Å²) >= 11 is 3.08. The molecule has 2 atom stereocenters. The second-order valence-corrected chi connectivity index (χ2v) is 4.00. The van der Waals surface area contributed by atoms with Gasteiger partial charge in [0.25, 0.3) is 0 Å². The van der Waals surface area contributed by atoms with Crippen LogP contribution in [0.4, 0.5) is 0 Å². The summed E-state index contributed by atoms with van der Waals surface area (Å²) in [7, 11) is 0. The van der Waals surface area contributed by atoms with Gasteiger partial charge in [0.1, 0.15) is 6.10 Å². The fourth-order valence-corrected chi connectivity index (χ4v) is 1.60. The monoisotopic (exact) mass is 272 g/mol. The second-order valence-electron chi connectivity index (χ2n) is 3.35. The van der Waals surface area contributed by atoms with Gasteiger partial charge in [-0.25, -0.2) is 0 Å². The first kappa shape index (κ1) is 12.4. The van der Waals surface area contributed by atoms with Gasteiger partial charge < -0.3 is 10.2 Å². The molecule has 15 heavy (non-hydrogen) atoms. The highest BCUT2D eigenvalue weighted by Gasteiger charge is 2.17. The van der Waals surface area contributed by atoms with Crippen LogP contribution < -0.4 is 0 Å². The van der Waals surface area contributed by atoms with E-state index in [1.165, 1.54) is 6.92 Å². The molecular weight excluding hydrogens is 260 g/mol. The summed E-state index contributed by atoms with van der Waals surface area (Å²) < 4.78 is 0. The first-order valence-corrected chi connectivity index (χ1v) is 5.71. The van der Waals surface area contributed by atoms with Gasteiger partial charge in [-0.3, -0.25) is 4.79 Å². The summed E-state index contributed by atoms with van der Waals surface area (Å²) in [4.78, 5) is 11.1. The molecule has 1 aromatic carbocycles. The Kier molecular flexibility index (Phi) is 4.45. The van der Waals surface area contributed by atoms with Crippen molar-refractivity contribution in [2.45, 2.75) is 19.1 Å². The Morgan fingerprint density at radius 1 is 1.47 bits per heavy atom. The lowest BCUT2D eigenvalue weighted by molar-refractivity contribution is 0.0342. The summed E-state index contributed by atoms with van der Waals surface area (Å²) in [5.41, 5.74) is 1.09. The fourth-order valence-electron chi connectivity index (χ4n) is 1.25. The molecule has 4 heteroatoms. The zero-order valence-electron chi connectivity index (χ0n) is 8.35. The Balaban J connectivity index is 2.94.